The molecule has 2 heterocycles. The highest BCUT2D eigenvalue weighted by Crippen LogP contribution is 2.40. The first-order valence-electron chi connectivity index (χ1n) is 8.74. The molecular weight excluding hydrogens is 302 g/mol. The van der Waals surface area contributed by atoms with E-state index in [0.717, 1.165) is 26.2 Å². The molecule has 0 spiro atoms. The van der Waals surface area contributed by atoms with Gasteiger partial charge >= 0.3 is 0 Å². The minimum absolute atomic E-state index is 0.0870. The molecule has 1 fully saturated rings. The molecule has 0 bridgehead atoms. The Morgan fingerprint density at radius 3 is 2.75 bits per heavy atom. The van der Waals surface area contributed by atoms with Gasteiger partial charge in [-0.05, 0) is 11.1 Å². The van der Waals surface area contributed by atoms with Crippen molar-refractivity contribution in [1.29, 1.82) is 0 Å². The SMILES string of the molecule is CC(=O)NCCC(=O)N1CCN2CC(C)(C)c3ccccc3C2C1. The van der Waals surface area contributed by atoms with Crippen LogP contribution in [0.15, 0.2) is 24.3 Å². The molecule has 0 saturated carbocycles. The zero-order valence-electron chi connectivity index (χ0n) is 14.8. The van der Waals surface area contributed by atoms with Gasteiger partial charge in [0.15, 0.2) is 0 Å². The lowest BCUT2D eigenvalue weighted by molar-refractivity contribution is -0.134. The lowest BCUT2D eigenvalue weighted by Gasteiger charge is -2.50. The first-order chi connectivity index (χ1) is 11.4. The third-order valence-electron chi connectivity index (χ3n) is 5.20. The van der Waals surface area contributed by atoms with E-state index in [4.69, 9.17) is 0 Å². The topological polar surface area (TPSA) is 52.7 Å². The molecule has 5 heteroatoms. The van der Waals surface area contributed by atoms with Gasteiger partial charge in [0.05, 0.1) is 6.04 Å². The van der Waals surface area contributed by atoms with Gasteiger partial charge in [-0.3, -0.25) is 14.5 Å². The number of hydrogen-bond donors (Lipinski definition) is 1. The molecule has 1 aromatic carbocycles. The summed E-state index contributed by atoms with van der Waals surface area (Å²) in [6, 6.07) is 8.92. The minimum Gasteiger partial charge on any atom is -0.356 e. The van der Waals surface area contributed by atoms with Gasteiger partial charge in [-0.1, -0.05) is 38.1 Å². The van der Waals surface area contributed by atoms with Gasteiger partial charge in [-0.25, -0.2) is 0 Å². The first kappa shape index (κ1) is 17.0. The van der Waals surface area contributed by atoms with Crippen molar-refractivity contribution in [1.82, 2.24) is 15.1 Å². The minimum atomic E-state index is -0.0870. The van der Waals surface area contributed by atoms with Crippen molar-refractivity contribution in [3.63, 3.8) is 0 Å². The molecule has 2 aliphatic rings. The van der Waals surface area contributed by atoms with E-state index < -0.39 is 0 Å². The Labute approximate surface area is 144 Å². The highest BCUT2D eigenvalue weighted by atomic mass is 16.2. The standard InChI is InChI=1S/C19H27N3O2/c1-14(23)20-9-8-18(24)21-10-11-22-13-19(2,3)16-7-5-4-6-15(16)17(22)12-21/h4-7,17H,8-13H2,1-3H3,(H,20,23). The maximum atomic E-state index is 12.4. The quantitative estimate of drug-likeness (QED) is 0.918. The Morgan fingerprint density at radius 1 is 1.25 bits per heavy atom. The highest BCUT2D eigenvalue weighted by molar-refractivity contribution is 5.78. The molecule has 130 valence electrons. The number of hydrogen-bond acceptors (Lipinski definition) is 3. The van der Waals surface area contributed by atoms with Crippen LogP contribution in [-0.2, 0) is 15.0 Å². The van der Waals surface area contributed by atoms with Crippen LogP contribution in [0.2, 0.25) is 0 Å². The van der Waals surface area contributed by atoms with Crippen molar-refractivity contribution in [2.75, 3.05) is 32.7 Å². The van der Waals surface area contributed by atoms with E-state index in [1.54, 1.807) is 0 Å². The predicted molar refractivity (Wildman–Crippen MR) is 93.7 cm³/mol. The average Bonchev–Trinajstić information content (AvgIpc) is 2.54. The fraction of sp³-hybridized carbons (Fsp3) is 0.579. The van der Waals surface area contributed by atoms with Crippen molar-refractivity contribution in [2.45, 2.75) is 38.6 Å². The second-order valence-electron chi connectivity index (χ2n) is 7.53. The van der Waals surface area contributed by atoms with Gasteiger partial charge in [0.2, 0.25) is 11.8 Å². The van der Waals surface area contributed by atoms with Crippen molar-refractivity contribution in [3.8, 4) is 0 Å². The van der Waals surface area contributed by atoms with E-state index in [1.165, 1.54) is 18.1 Å². The van der Waals surface area contributed by atoms with Gasteiger partial charge < -0.3 is 10.2 Å². The number of carbonyl (C=O) groups excluding carboxylic acids is 2. The smallest absolute Gasteiger partial charge is 0.224 e. The third-order valence-corrected chi connectivity index (χ3v) is 5.20. The van der Waals surface area contributed by atoms with E-state index in [9.17, 15) is 9.59 Å². The maximum absolute atomic E-state index is 12.4. The van der Waals surface area contributed by atoms with Crippen molar-refractivity contribution < 1.29 is 9.59 Å². The zero-order valence-corrected chi connectivity index (χ0v) is 14.8. The van der Waals surface area contributed by atoms with Crippen LogP contribution in [0.1, 0.15) is 44.4 Å². The van der Waals surface area contributed by atoms with Gasteiger partial charge in [0.1, 0.15) is 0 Å². The van der Waals surface area contributed by atoms with Crippen molar-refractivity contribution >= 4 is 11.8 Å². The Bertz CT molecular complexity index is 641. The van der Waals surface area contributed by atoms with Crippen molar-refractivity contribution in [2.24, 2.45) is 0 Å². The molecule has 5 nitrogen and oxygen atoms in total. The average molecular weight is 329 g/mol. The fourth-order valence-electron chi connectivity index (χ4n) is 4.03. The number of nitrogens with zero attached hydrogens (tertiary/aromatic N) is 2. The van der Waals surface area contributed by atoms with Gasteiger partial charge in [-0.2, -0.15) is 0 Å². The molecule has 0 radical (unpaired) electrons. The van der Waals surface area contributed by atoms with E-state index in [2.05, 4.69) is 48.3 Å². The number of nitrogens with one attached hydrogen (secondary N) is 1. The molecule has 1 unspecified atom stereocenters. The number of fused-ring (bicyclic) bond motifs is 3. The van der Waals surface area contributed by atoms with Crippen LogP contribution in [0.25, 0.3) is 0 Å². The molecule has 0 aliphatic carbocycles. The number of carbonyl (C=O) groups is 2. The number of piperazine rings is 1. The van der Waals surface area contributed by atoms with Crippen LogP contribution in [0.3, 0.4) is 0 Å². The van der Waals surface area contributed by atoms with E-state index in [1.807, 2.05) is 4.90 Å². The normalized spacial score (nSPS) is 22.5. The Balaban J connectivity index is 1.72. The predicted octanol–water partition coefficient (Wildman–Crippen LogP) is 1.69. The van der Waals surface area contributed by atoms with Crippen LogP contribution >= 0.6 is 0 Å². The summed E-state index contributed by atoms with van der Waals surface area (Å²) in [5.74, 6) is 0.0433. The van der Waals surface area contributed by atoms with E-state index in [-0.39, 0.29) is 23.3 Å². The monoisotopic (exact) mass is 329 g/mol. The highest BCUT2D eigenvalue weighted by Gasteiger charge is 2.40. The summed E-state index contributed by atoms with van der Waals surface area (Å²) >= 11 is 0. The number of amides is 2. The third kappa shape index (κ3) is 3.31. The molecule has 1 aromatic rings. The van der Waals surface area contributed by atoms with E-state index >= 15 is 0 Å². The molecule has 1 saturated heterocycles. The molecular formula is C19H27N3O2. The largest absolute Gasteiger partial charge is 0.356 e. The second kappa shape index (κ2) is 6.55. The lowest BCUT2D eigenvalue weighted by atomic mass is 9.75. The van der Waals surface area contributed by atoms with Gasteiger partial charge in [0.25, 0.3) is 0 Å². The van der Waals surface area contributed by atoms with Crippen LogP contribution in [0.4, 0.5) is 0 Å². The number of benzene rings is 1. The second-order valence-corrected chi connectivity index (χ2v) is 7.53. The summed E-state index contributed by atoms with van der Waals surface area (Å²) in [5.41, 5.74) is 2.90. The first-order valence-corrected chi connectivity index (χ1v) is 8.74. The Morgan fingerprint density at radius 2 is 2.00 bits per heavy atom. The summed E-state index contributed by atoms with van der Waals surface area (Å²) in [6.45, 7) is 9.95. The summed E-state index contributed by atoms with van der Waals surface area (Å²) in [7, 11) is 0. The van der Waals surface area contributed by atoms with Crippen molar-refractivity contribution in [3.05, 3.63) is 35.4 Å². The van der Waals surface area contributed by atoms with Gasteiger partial charge in [-0.15, -0.1) is 0 Å². The van der Waals surface area contributed by atoms with Crippen LogP contribution in [-0.4, -0.2) is 54.3 Å². The Kier molecular flexibility index (Phi) is 4.63. The summed E-state index contributed by atoms with van der Waals surface area (Å²) in [5, 5.41) is 2.70. The lowest BCUT2D eigenvalue weighted by Crippen LogP contribution is -2.56. The fourth-order valence-corrected chi connectivity index (χ4v) is 4.03. The molecule has 1 atom stereocenters. The number of rotatable bonds is 3. The molecule has 2 amide bonds. The zero-order chi connectivity index (χ0) is 17.3. The van der Waals surface area contributed by atoms with Crippen LogP contribution in [0, 0.1) is 0 Å². The Hall–Kier alpha value is -1.88. The van der Waals surface area contributed by atoms with E-state index in [0.29, 0.717) is 13.0 Å². The molecule has 3 rings (SSSR count). The van der Waals surface area contributed by atoms with Crippen LogP contribution in [0.5, 0.6) is 0 Å². The van der Waals surface area contributed by atoms with Crippen LogP contribution < -0.4 is 5.32 Å². The molecule has 2 aliphatic heterocycles. The maximum Gasteiger partial charge on any atom is 0.224 e. The summed E-state index contributed by atoms with van der Waals surface area (Å²) in [6.07, 6.45) is 0.374. The summed E-state index contributed by atoms with van der Waals surface area (Å²) in [4.78, 5) is 27.9. The molecule has 24 heavy (non-hydrogen) atoms. The molecule has 1 N–H and O–H groups in total. The molecule has 0 aromatic heterocycles. The summed E-state index contributed by atoms with van der Waals surface area (Å²) < 4.78 is 0. The van der Waals surface area contributed by atoms with Gasteiger partial charge in [0, 0.05) is 51.5 Å².